The molecule has 8 N–H and O–H groups in total. The maximum atomic E-state index is 14.1. The molecule has 18 nitrogen and oxygen atoms in total. The number of hydrogen-bond acceptors (Lipinski definition) is 10. The van der Waals surface area contributed by atoms with Gasteiger partial charge < -0.3 is 51.9 Å². The van der Waals surface area contributed by atoms with Crippen molar-refractivity contribution < 1.29 is 48.6 Å². The van der Waals surface area contributed by atoms with Crippen molar-refractivity contribution in [3.8, 4) is 0 Å². The fourth-order valence-corrected chi connectivity index (χ4v) is 7.55. The second-order valence-corrected chi connectivity index (χ2v) is 15.6. The molecule has 0 saturated carbocycles. The van der Waals surface area contributed by atoms with Crippen LogP contribution in [-0.2, 0) is 44.8 Å². The molecule has 1 aromatic rings. The molecule has 10 atom stereocenters. The van der Waals surface area contributed by atoms with E-state index in [0.29, 0.717) is 31.2 Å². The molecule has 4 rings (SSSR count). The van der Waals surface area contributed by atoms with Crippen molar-refractivity contribution in [1.82, 2.24) is 41.7 Å². The SMILES string of the molecule is CCC(C)C1NC(=O)C(Cc2ccccc2)NC(=O)C2CCCN2C(=O)C(CO)NC(=O)C2CCCN2C(=O)C(C(C)CC)NC(=O)C(C(C)O)NC(=O)CNC1=O. The molecule has 18 heteroatoms. The van der Waals surface area contributed by atoms with Gasteiger partial charge in [0, 0.05) is 19.5 Å². The number of hydrogen-bond donors (Lipinski definition) is 8. The highest BCUT2D eigenvalue weighted by Crippen LogP contribution is 2.23. The number of aliphatic hydroxyl groups excluding tert-OH is 2. The number of nitrogens with zero attached hydrogens (tertiary/aromatic N) is 2. The number of carbonyl (C=O) groups excluding carboxylic acids is 8. The van der Waals surface area contributed by atoms with Crippen molar-refractivity contribution >= 4 is 47.3 Å². The lowest BCUT2D eigenvalue weighted by Gasteiger charge is -2.34. The van der Waals surface area contributed by atoms with E-state index < -0.39 is 121 Å². The zero-order valence-electron chi connectivity index (χ0n) is 34.0. The van der Waals surface area contributed by atoms with Crippen LogP contribution in [0.5, 0.6) is 0 Å². The topological polar surface area (TPSA) is 256 Å². The van der Waals surface area contributed by atoms with Gasteiger partial charge in [-0.15, -0.1) is 0 Å². The van der Waals surface area contributed by atoms with Gasteiger partial charge in [-0.3, -0.25) is 38.4 Å². The van der Waals surface area contributed by atoms with E-state index in [4.69, 9.17) is 0 Å². The number of aliphatic hydroxyl groups is 2. The fraction of sp³-hybridized carbons (Fsp3) is 0.650. The maximum absolute atomic E-state index is 14.1. The van der Waals surface area contributed by atoms with Gasteiger partial charge in [0.25, 0.3) is 0 Å². The van der Waals surface area contributed by atoms with Gasteiger partial charge in [0.15, 0.2) is 0 Å². The minimum absolute atomic E-state index is 0.0307. The predicted octanol–water partition coefficient (Wildman–Crippen LogP) is -1.77. The maximum Gasteiger partial charge on any atom is 0.248 e. The van der Waals surface area contributed by atoms with Gasteiger partial charge >= 0.3 is 0 Å². The van der Waals surface area contributed by atoms with Gasteiger partial charge in [0.05, 0.1) is 19.3 Å². The first-order chi connectivity index (χ1) is 27.6. The fourth-order valence-electron chi connectivity index (χ4n) is 7.55. The first-order valence-electron chi connectivity index (χ1n) is 20.3. The molecule has 3 heterocycles. The standard InChI is InChI=1S/C40H60N8O10/c1-6-22(3)31-37(55)41-20-30(51)44-33(24(5)50)38(56)46-32(23(4)7-2)40(58)48-18-12-16-29(48)36(54)43-27(21-49)39(57)47-17-11-15-28(47)35(53)42-26(34(52)45-31)19-25-13-9-8-10-14-25/h8-10,13-14,22-24,26-29,31-33,49-50H,6-7,11-12,15-21H2,1-5H3,(H,41,55)(H,42,53)(H,43,54)(H,44,51)(H,45,52)(H,46,56). The molecule has 58 heavy (non-hydrogen) atoms. The highest BCUT2D eigenvalue weighted by atomic mass is 16.3. The zero-order valence-corrected chi connectivity index (χ0v) is 34.0. The van der Waals surface area contributed by atoms with Gasteiger partial charge in [-0.05, 0) is 50.0 Å². The average molecular weight is 813 g/mol. The first-order valence-corrected chi connectivity index (χ1v) is 20.3. The van der Waals surface area contributed by atoms with E-state index in [0.717, 1.165) is 0 Å². The van der Waals surface area contributed by atoms with Gasteiger partial charge in [-0.1, -0.05) is 70.9 Å². The van der Waals surface area contributed by atoms with Crippen LogP contribution in [0.1, 0.15) is 78.7 Å². The Labute approximate surface area is 339 Å². The molecule has 0 aromatic heterocycles. The molecule has 0 aliphatic carbocycles. The summed E-state index contributed by atoms with van der Waals surface area (Å²) in [6.45, 7) is 7.24. The molecule has 10 unspecified atom stereocenters. The molecule has 3 aliphatic rings. The second kappa shape index (κ2) is 21.1. The summed E-state index contributed by atoms with van der Waals surface area (Å²) in [5.41, 5.74) is 0.700. The van der Waals surface area contributed by atoms with E-state index in [-0.39, 0.29) is 32.4 Å². The van der Waals surface area contributed by atoms with Crippen LogP contribution in [-0.4, -0.2) is 142 Å². The summed E-state index contributed by atoms with van der Waals surface area (Å²) in [6, 6.07) is 0.265. The van der Waals surface area contributed by atoms with Crippen LogP contribution in [0.4, 0.5) is 0 Å². The molecule has 0 bridgehead atoms. The smallest absolute Gasteiger partial charge is 0.248 e. The van der Waals surface area contributed by atoms with Crippen molar-refractivity contribution in [1.29, 1.82) is 0 Å². The van der Waals surface area contributed by atoms with E-state index >= 15 is 0 Å². The molecule has 3 fully saturated rings. The number of rotatable bonds is 8. The third-order valence-electron chi connectivity index (χ3n) is 11.5. The van der Waals surface area contributed by atoms with Crippen molar-refractivity contribution in [3.05, 3.63) is 35.9 Å². The normalized spacial score (nSPS) is 29.1. The highest BCUT2D eigenvalue weighted by molar-refractivity contribution is 5.99. The van der Waals surface area contributed by atoms with Gasteiger partial charge in [0.1, 0.15) is 42.3 Å². The van der Waals surface area contributed by atoms with Gasteiger partial charge in [-0.2, -0.15) is 0 Å². The van der Waals surface area contributed by atoms with Crippen molar-refractivity contribution in [2.75, 3.05) is 26.2 Å². The molecule has 3 aliphatic heterocycles. The Morgan fingerprint density at radius 2 is 1.17 bits per heavy atom. The van der Waals surface area contributed by atoms with Crippen LogP contribution in [0.25, 0.3) is 0 Å². The molecule has 320 valence electrons. The van der Waals surface area contributed by atoms with E-state index in [2.05, 4.69) is 31.9 Å². The summed E-state index contributed by atoms with van der Waals surface area (Å²) in [7, 11) is 0. The summed E-state index contributed by atoms with van der Waals surface area (Å²) >= 11 is 0. The van der Waals surface area contributed by atoms with Crippen LogP contribution in [0.3, 0.4) is 0 Å². The Balaban J connectivity index is 1.72. The molecule has 0 spiro atoms. The Bertz CT molecular complexity index is 1660. The first kappa shape index (κ1) is 45.6. The number of benzene rings is 1. The molecule has 1 aromatic carbocycles. The van der Waals surface area contributed by atoms with Crippen molar-refractivity contribution in [3.63, 3.8) is 0 Å². The summed E-state index contributed by atoms with van der Waals surface area (Å²) in [5, 5.41) is 36.6. The average Bonchev–Trinajstić information content (AvgIpc) is 3.92. The zero-order chi connectivity index (χ0) is 42.7. The summed E-state index contributed by atoms with van der Waals surface area (Å²) in [5.74, 6) is -6.62. The van der Waals surface area contributed by atoms with Crippen LogP contribution in [0, 0.1) is 11.8 Å². The Morgan fingerprint density at radius 3 is 1.72 bits per heavy atom. The van der Waals surface area contributed by atoms with E-state index in [1.165, 1.54) is 16.7 Å². The van der Waals surface area contributed by atoms with Crippen molar-refractivity contribution in [2.24, 2.45) is 11.8 Å². The monoisotopic (exact) mass is 812 g/mol. The lowest BCUT2D eigenvalue weighted by atomic mass is 9.96. The van der Waals surface area contributed by atoms with Crippen LogP contribution < -0.4 is 31.9 Å². The lowest BCUT2D eigenvalue weighted by molar-refractivity contribution is -0.146. The minimum atomic E-state index is -1.54. The Hall–Kier alpha value is -5.10. The molecule has 3 saturated heterocycles. The highest BCUT2D eigenvalue weighted by Gasteiger charge is 2.43. The third-order valence-corrected chi connectivity index (χ3v) is 11.5. The largest absolute Gasteiger partial charge is 0.394 e. The number of carbonyl (C=O) groups is 8. The molecule has 0 radical (unpaired) electrons. The summed E-state index contributed by atoms with van der Waals surface area (Å²) in [4.78, 5) is 113. The Morgan fingerprint density at radius 1 is 0.638 bits per heavy atom. The number of nitrogens with one attached hydrogen (secondary N) is 6. The number of amides is 8. The van der Waals surface area contributed by atoms with Gasteiger partial charge in [-0.25, -0.2) is 0 Å². The van der Waals surface area contributed by atoms with Crippen LogP contribution in [0.2, 0.25) is 0 Å². The molecular weight excluding hydrogens is 752 g/mol. The molecular formula is C40H60N8O10. The minimum Gasteiger partial charge on any atom is -0.394 e. The molecule has 8 amide bonds. The number of fused-ring (bicyclic) bond motifs is 2. The second-order valence-electron chi connectivity index (χ2n) is 15.6. The van der Waals surface area contributed by atoms with E-state index in [1.807, 2.05) is 13.8 Å². The third kappa shape index (κ3) is 11.3. The summed E-state index contributed by atoms with van der Waals surface area (Å²) in [6.07, 6.45) is 0.829. The Kier molecular flexibility index (Phi) is 16.6. The van der Waals surface area contributed by atoms with E-state index in [9.17, 15) is 48.6 Å². The van der Waals surface area contributed by atoms with Crippen LogP contribution in [0.15, 0.2) is 30.3 Å². The van der Waals surface area contributed by atoms with E-state index in [1.54, 1.807) is 44.2 Å². The van der Waals surface area contributed by atoms with Crippen LogP contribution >= 0.6 is 0 Å². The lowest BCUT2D eigenvalue weighted by Crippen LogP contribution is -2.62. The predicted molar refractivity (Wildman–Crippen MR) is 210 cm³/mol. The quantitative estimate of drug-likeness (QED) is 0.147. The van der Waals surface area contributed by atoms with Crippen molar-refractivity contribution in [2.45, 2.75) is 128 Å². The van der Waals surface area contributed by atoms with Gasteiger partial charge in [0.2, 0.25) is 47.3 Å². The summed E-state index contributed by atoms with van der Waals surface area (Å²) < 4.78 is 0.